The quantitative estimate of drug-likeness (QED) is 0.637. The highest BCUT2D eigenvalue weighted by atomic mass is 32.1. The average molecular weight is 194 g/mol. The van der Waals surface area contributed by atoms with Gasteiger partial charge in [0.05, 0.1) is 0 Å². The molecule has 72 valence electrons. The Kier molecular flexibility index (Phi) is 6.25. The Morgan fingerprint density at radius 2 is 2.00 bits per heavy atom. The van der Waals surface area contributed by atoms with E-state index in [-0.39, 0.29) is 0 Å². The fourth-order valence-corrected chi connectivity index (χ4v) is 1.89. The van der Waals surface area contributed by atoms with Gasteiger partial charge in [-0.3, -0.25) is 0 Å². The molecule has 0 fully saturated rings. The van der Waals surface area contributed by atoms with Gasteiger partial charge in [-0.2, -0.15) is 0 Å². The maximum Gasteiger partial charge on any atom is 0.0339 e. The lowest BCUT2D eigenvalue weighted by Crippen LogP contribution is -1.73. The van der Waals surface area contributed by atoms with Gasteiger partial charge in [-0.1, -0.05) is 38.7 Å². The average Bonchev–Trinajstić information content (AvgIpc) is 2.52. The second kappa shape index (κ2) is 6.67. The van der Waals surface area contributed by atoms with Crippen molar-refractivity contribution in [2.24, 2.45) is 0 Å². The fourth-order valence-electron chi connectivity index (χ4n) is 1.01. The lowest BCUT2D eigenvalue weighted by atomic mass is 10.1. The molecular formula is C12H18S. The molecule has 0 aliphatic heterocycles. The molecule has 0 spiro atoms. The van der Waals surface area contributed by atoms with E-state index in [1.54, 1.807) is 11.3 Å². The van der Waals surface area contributed by atoms with Gasteiger partial charge in [0.2, 0.25) is 0 Å². The van der Waals surface area contributed by atoms with Crippen molar-refractivity contribution in [3.8, 4) is 0 Å². The van der Waals surface area contributed by atoms with Gasteiger partial charge in [0.1, 0.15) is 0 Å². The summed E-state index contributed by atoms with van der Waals surface area (Å²) in [5.41, 5.74) is 2.65. The van der Waals surface area contributed by atoms with Crippen molar-refractivity contribution in [1.29, 1.82) is 0 Å². The van der Waals surface area contributed by atoms with E-state index in [2.05, 4.69) is 31.0 Å². The van der Waals surface area contributed by atoms with E-state index in [9.17, 15) is 0 Å². The monoisotopic (exact) mass is 194 g/mol. The number of allylic oxidation sites excluding steroid dienone is 1. The van der Waals surface area contributed by atoms with Gasteiger partial charge in [-0.05, 0) is 30.4 Å². The van der Waals surface area contributed by atoms with Gasteiger partial charge in [-0.15, -0.1) is 11.3 Å². The third kappa shape index (κ3) is 3.19. The minimum atomic E-state index is 1.26. The van der Waals surface area contributed by atoms with Crippen molar-refractivity contribution in [3.05, 3.63) is 34.0 Å². The van der Waals surface area contributed by atoms with Crippen LogP contribution in [-0.2, 0) is 0 Å². The van der Waals surface area contributed by atoms with E-state index in [0.717, 1.165) is 0 Å². The summed E-state index contributed by atoms with van der Waals surface area (Å²) in [5, 5.41) is 2.16. The first-order valence-electron chi connectivity index (χ1n) is 4.62. The number of aryl methyl sites for hydroxylation is 1. The highest BCUT2D eigenvalue weighted by molar-refractivity contribution is 7.11. The Bertz CT molecular complexity index is 279. The zero-order valence-electron chi connectivity index (χ0n) is 8.92. The first-order valence-corrected chi connectivity index (χ1v) is 5.50. The van der Waals surface area contributed by atoms with Crippen LogP contribution >= 0.6 is 11.3 Å². The fraction of sp³-hybridized carbons (Fsp3) is 0.333. The first kappa shape index (κ1) is 12.2. The Hall–Kier alpha value is -0.820. The van der Waals surface area contributed by atoms with Crippen LogP contribution < -0.4 is 0 Å². The lowest BCUT2D eigenvalue weighted by Gasteiger charge is -1.91. The first-order chi connectivity index (χ1) is 6.29. The smallest absolute Gasteiger partial charge is 0.0339 e. The molecule has 0 aliphatic rings. The van der Waals surface area contributed by atoms with Gasteiger partial charge in [0.15, 0.2) is 0 Å². The highest BCUT2D eigenvalue weighted by Gasteiger charge is 2.00. The van der Waals surface area contributed by atoms with Crippen molar-refractivity contribution >= 4 is 23.5 Å². The summed E-state index contributed by atoms with van der Waals surface area (Å²) in [6.45, 7) is 11.9. The molecule has 1 aromatic heterocycles. The van der Waals surface area contributed by atoms with E-state index >= 15 is 0 Å². The molecule has 1 aromatic rings. The molecule has 0 bridgehead atoms. The second-order valence-electron chi connectivity index (χ2n) is 2.40. The maximum atomic E-state index is 3.76. The van der Waals surface area contributed by atoms with Gasteiger partial charge in [-0.25, -0.2) is 0 Å². The molecule has 0 radical (unpaired) electrons. The molecule has 0 atom stereocenters. The zero-order chi connectivity index (χ0) is 10.3. The molecule has 0 nitrogen and oxygen atoms in total. The summed E-state index contributed by atoms with van der Waals surface area (Å²) >= 11 is 1.75. The SMILES string of the molecule is C=Cc1scc(C)c1/C=C\C.CC. The number of rotatable bonds is 2. The standard InChI is InChI=1S/C10H12S.C2H6/c1-4-6-9-8(3)7-11-10(9)5-2;1-2/h4-7H,2H2,1,3H3;1-2H3/b6-4-;. The van der Waals surface area contributed by atoms with Crippen LogP contribution in [0.2, 0.25) is 0 Å². The molecule has 0 saturated heterocycles. The van der Waals surface area contributed by atoms with Gasteiger partial charge in [0.25, 0.3) is 0 Å². The molecule has 13 heavy (non-hydrogen) atoms. The number of thiophene rings is 1. The van der Waals surface area contributed by atoms with Gasteiger partial charge < -0.3 is 0 Å². The molecule has 1 rings (SSSR count). The van der Waals surface area contributed by atoms with E-state index in [1.165, 1.54) is 16.0 Å². The number of hydrogen-bond donors (Lipinski definition) is 0. The van der Waals surface area contributed by atoms with Crippen molar-refractivity contribution in [3.63, 3.8) is 0 Å². The van der Waals surface area contributed by atoms with Crippen LogP contribution in [0, 0.1) is 6.92 Å². The van der Waals surface area contributed by atoms with E-state index in [1.807, 2.05) is 26.8 Å². The Morgan fingerprint density at radius 1 is 1.38 bits per heavy atom. The summed E-state index contributed by atoms with van der Waals surface area (Å²) in [6, 6.07) is 0. The van der Waals surface area contributed by atoms with Crippen molar-refractivity contribution in [2.45, 2.75) is 27.7 Å². The summed E-state index contributed by atoms with van der Waals surface area (Å²) in [6.07, 6.45) is 6.10. The van der Waals surface area contributed by atoms with Crippen LogP contribution in [0.3, 0.4) is 0 Å². The molecule has 0 aromatic carbocycles. The van der Waals surface area contributed by atoms with Gasteiger partial charge in [0, 0.05) is 4.88 Å². The Labute approximate surface area is 85.6 Å². The van der Waals surface area contributed by atoms with E-state index < -0.39 is 0 Å². The van der Waals surface area contributed by atoms with Crippen molar-refractivity contribution in [1.82, 2.24) is 0 Å². The molecule has 1 heterocycles. The van der Waals surface area contributed by atoms with Crippen LogP contribution in [0.1, 0.15) is 36.8 Å². The van der Waals surface area contributed by atoms with E-state index in [0.29, 0.717) is 0 Å². The summed E-state index contributed by atoms with van der Waals surface area (Å²) in [4.78, 5) is 1.26. The Morgan fingerprint density at radius 3 is 2.46 bits per heavy atom. The second-order valence-corrected chi connectivity index (χ2v) is 3.31. The molecule has 0 unspecified atom stereocenters. The predicted octanol–water partition coefficient (Wildman–Crippen LogP) is 4.76. The minimum absolute atomic E-state index is 1.26. The molecule has 1 heteroatoms. The van der Waals surface area contributed by atoms with Crippen molar-refractivity contribution < 1.29 is 0 Å². The molecular weight excluding hydrogens is 176 g/mol. The van der Waals surface area contributed by atoms with Crippen molar-refractivity contribution in [2.75, 3.05) is 0 Å². The molecule has 0 aliphatic carbocycles. The normalized spacial score (nSPS) is 9.54. The van der Waals surface area contributed by atoms with Crippen LogP contribution in [-0.4, -0.2) is 0 Å². The third-order valence-electron chi connectivity index (χ3n) is 1.57. The predicted molar refractivity (Wildman–Crippen MR) is 65.2 cm³/mol. The van der Waals surface area contributed by atoms with Crippen LogP contribution in [0.25, 0.3) is 12.2 Å². The minimum Gasteiger partial charge on any atom is -0.144 e. The Balaban J connectivity index is 0.000000671. The van der Waals surface area contributed by atoms with Gasteiger partial charge >= 0.3 is 0 Å². The zero-order valence-corrected chi connectivity index (χ0v) is 9.74. The number of hydrogen-bond acceptors (Lipinski definition) is 1. The summed E-state index contributed by atoms with van der Waals surface area (Å²) in [7, 11) is 0. The van der Waals surface area contributed by atoms with Crippen LogP contribution in [0.4, 0.5) is 0 Å². The molecule has 0 amide bonds. The van der Waals surface area contributed by atoms with Crippen LogP contribution in [0.5, 0.6) is 0 Å². The summed E-state index contributed by atoms with van der Waals surface area (Å²) in [5.74, 6) is 0. The molecule has 0 N–H and O–H groups in total. The topological polar surface area (TPSA) is 0 Å². The van der Waals surface area contributed by atoms with E-state index in [4.69, 9.17) is 0 Å². The van der Waals surface area contributed by atoms with Crippen LogP contribution in [0.15, 0.2) is 18.0 Å². The largest absolute Gasteiger partial charge is 0.144 e. The highest BCUT2D eigenvalue weighted by Crippen LogP contribution is 2.24. The lowest BCUT2D eigenvalue weighted by molar-refractivity contribution is 1.50. The maximum absolute atomic E-state index is 3.76. The summed E-state index contributed by atoms with van der Waals surface area (Å²) < 4.78 is 0. The third-order valence-corrected chi connectivity index (χ3v) is 2.68. The molecule has 0 saturated carbocycles.